The second kappa shape index (κ2) is 6.36. The van der Waals surface area contributed by atoms with Gasteiger partial charge >= 0.3 is 6.03 Å². The lowest BCUT2D eigenvalue weighted by Gasteiger charge is -2.28. The van der Waals surface area contributed by atoms with Crippen LogP contribution in [0.4, 0.5) is 10.5 Å². The Balaban J connectivity index is 1.99. The zero-order chi connectivity index (χ0) is 18.4. The fourth-order valence-corrected chi connectivity index (χ4v) is 3.66. The Hall–Kier alpha value is -2.04. The van der Waals surface area contributed by atoms with Crippen molar-refractivity contribution in [2.24, 2.45) is 0 Å². The van der Waals surface area contributed by atoms with Crippen LogP contribution >= 0.6 is 23.2 Å². The Labute approximate surface area is 156 Å². The number of likely N-dealkylation sites (N-methyl/N-ethyl adjacent to an activating group) is 1. The topological polar surface area (TPSA) is 40.6 Å². The highest BCUT2D eigenvalue weighted by molar-refractivity contribution is 6.35. The monoisotopic (exact) mass is 376 g/mol. The Morgan fingerprint density at radius 2 is 1.68 bits per heavy atom. The van der Waals surface area contributed by atoms with Crippen molar-refractivity contribution in [1.82, 2.24) is 4.90 Å². The molecule has 0 saturated carbocycles. The van der Waals surface area contributed by atoms with Gasteiger partial charge in [-0.25, -0.2) is 9.69 Å². The SMILES string of the molecule is Cc1cccc(CC2(C)C(=O)N(c3cc(Cl)cc(Cl)c3)C(=O)N2C)c1. The molecule has 0 radical (unpaired) electrons. The predicted molar refractivity (Wildman–Crippen MR) is 100 cm³/mol. The Morgan fingerprint density at radius 1 is 1.04 bits per heavy atom. The highest BCUT2D eigenvalue weighted by atomic mass is 35.5. The number of anilines is 1. The van der Waals surface area contributed by atoms with Crippen molar-refractivity contribution in [3.8, 4) is 0 Å². The summed E-state index contributed by atoms with van der Waals surface area (Å²) in [7, 11) is 1.64. The molecular formula is C19H18Cl2N2O2. The molecule has 1 saturated heterocycles. The number of nitrogens with zero attached hydrogens (tertiary/aromatic N) is 2. The van der Waals surface area contributed by atoms with Gasteiger partial charge in [0.2, 0.25) is 0 Å². The summed E-state index contributed by atoms with van der Waals surface area (Å²) in [6, 6.07) is 12.2. The van der Waals surface area contributed by atoms with E-state index in [0.29, 0.717) is 22.2 Å². The molecule has 0 spiro atoms. The summed E-state index contributed by atoms with van der Waals surface area (Å²) in [4.78, 5) is 28.5. The number of hydrogen-bond donors (Lipinski definition) is 0. The van der Waals surface area contributed by atoms with Crippen molar-refractivity contribution >= 4 is 40.8 Å². The average Bonchev–Trinajstić information content (AvgIpc) is 2.68. The first-order valence-corrected chi connectivity index (χ1v) is 8.62. The minimum Gasteiger partial charge on any atom is -0.312 e. The van der Waals surface area contributed by atoms with E-state index in [4.69, 9.17) is 23.2 Å². The van der Waals surface area contributed by atoms with Gasteiger partial charge in [0.15, 0.2) is 0 Å². The smallest absolute Gasteiger partial charge is 0.312 e. The van der Waals surface area contributed by atoms with Crippen molar-refractivity contribution in [1.29, 1.82) is 0 Å². The molecule has 1 aliphatic heterocycles. The molecule has 4 nitrogen and oxygen atoms in total. The predicted octanol–water partition coefficient (Wildman–Crippen LogP) is 4.70. The maximum Gasteiger partial charge on any atom is 0.332 e. The maximum absolute atomic E-state index is 13.1. The zero-order valence-electron chi connectivity index (χ0n) is 14.2. The van der Waals surface area contributed by atoms with Crippen LogP contribution in [0.25, 0.3) is 0 Å². The standard InChI is InChI=1S/C19H18Cl2N2O2/c1-12-5-4-6-13(7-12)11-19(2)17(24)23(18(25)22(19)3)16-9-14(20)8-15(21)10-16/h4-10H,11H2,1-3H3. The van der Waals surface area contributed by atoms with E-state index >= 15 is 0 Å². The number of carbonyl (C=O) groups excluding carboxylic acids is 2. The van der Waals surface area contributed by atoms with Crippen molar-refractivity contribution in [3.63, 3.8) is 0 Å². The third kappa shape index (κ3) is 3.12. The lowest BCUT2D eigenvalue weighted by Crippen LogP contribution is -2.47. The van der Waals surface area contributed by atoms with Crippen LogP contribution in [0.5, 0.6) is 0 Å². The molecule has 0 N–H and O–H groups in total. The lowest BCUT2D eigenvalue weighted by molar-refractivity contribution is -0.123. The van der Waals surface area contributed by atoms with Gasteiger partial charge in [0.25, 0.3) is 5.91 Å². The third-order valence-corrected chi connectivity index (χ3v) is 5.06. The molecule has 0 bridgehead atoms. The molecule has 130 valence electrons. The van der Waals surface area contributed by atoms with E-state index in [2.05, 4.69) is 0 Å². The van der Waals surface area contributed by atoms with E-state index in [1.807, 2.05) is 31.2 Å². The maximum atomic E-state index is 13.1. The first-order valence-electron chi connectivity index (χ1n) is 7.86. The van der Waals surface area contributed by atoms with E-state index in [9.17, 15) is 9.59 Å². The van der Waals surface area contributed by atoms with E-state index < -0.39 is 11.6 Å². The number of benzene rings is 2. The van der Waals surface area contributed by atoms with Gasteiger partial charge in [-0.05, 0) is 37.6 Å². The van der Waals surface area contributed by atoms with Gasteiger partial charge in [-0.3, -0.25) is 4.79 Å². The minimum atomic E-state index is -0.973. The average molecular weight is 377 g/mol. The van der Waals surface area contributed by atoms with Crippen molar-refractivity contribution < 1.29 is 9.59 Å². The number of halogens is 2. The highest BCUT2D eigenvalue weighted by Crippen LogP contribution is 2.35. The van der Waals surface area contributed by atoms with E-state index in [-0.39, 0.29) is 5.91 Å². The van der Waals surface area contributed by atoms with Crippen LogP contribution in [0.1, 0.15) is 18.1 Å². The molecule has 2 aromatic rings. The fourth-order valence-electron chi connectivity index (χ4n) is 3.14. The van der Waals surface area contributed by atoms with Gasteiger partial charge in [-0.1, -0.05) is 53.0 Å². The summed E-state index contributed by atoms with van der Waals surface area (Å²) >= 11 is 12.1. The second-order valence-electron chi connectivity index (χ2n) is 6.55. The summed E-state index contributed by atoms with van der Waals surface area (Å²) in [5, 5.41) is 0.746. The largest absolute Gasteiger partial charge is 0.332 e. The van der Waals surface area contributed by atoms with E-state index in [1.54, 1.807) is 32.2 Å². The van der Waals surface area contributed by atoms with Gasteiger partial charge in [0.05, 0.1) is 5.69 Å². The molecule has 6 heteroatoms. The van der Waals surface area contributed by atoms with E-state index in [0.717, 1.165) is 16.0 Å². The first-order chi connectivity index (χ1) is 11.7. The summed E-state index contributed by atoms with van der Waals surface area (Å²) < 4.78 is 0. The van der Waals surface area contributed by atoms with Gasteiger partial charge < -0.3 is 4.90 Å². The molecule has 3 amide bonds. The van der Waals surface area contributed by atoms with Crippen molar-refractivity contribution in [3.05, 3.63) is 63.6 Å². The van der Waals surface area contributed by atoms with Gasteiger partial charge in [0, 0.05) is 23.5 Å². The highest BCUT2D eigenvalue weighted by Gasteiger charge is 2.53. The molecule has 1 heterocycles. The van der Waals surface area contributed by atoms with Crippen LogP contribution in [0.3, 0.4) is 0 Å². The molecule has 1 atom stereocenters. The van der Waals surface area contributed by atoms with Gasteiger partial charge in [0.1, 0.15) is 5.54 Å². The Kier molecular flexibility index (Phi) is 4.52. The molecule has 1 aliphatic rings. The number of urea groups is 1. The van der Waals surface area contributed by atoms with Crippen LogP contribution in [-0.2, 0) is 11.2 Å². The lowest BCUT2D eigenvalue weighted by atomic mass is 9.91. The second-order valence-corrected chi connectivity index (χ2v) is 7.42. The quantitative estimate of drug-likeness (QED) is 0.728. The van der Waals surface area contributed by atoms with Gasteiger partial charge in [-0.2, -0.15) is 0 Å². The molecule has 25 heavy (non-hydrogen) atoms. The summed E-state index contributed by atoms with van der Waals surface area (Å²) in [6.07, 6.45) is 0.431. The summed E-state index contributed by atoms with van der Waals surface area (Å²) in [5.74, 6) is -0.292. The Bertz CT molecular complexity index is 848. The zero-order valence-corrected chi connectivity index (χ0v) is 15.7. The number of aryl methyl sites for hydroxylation is 1. The number of rotatable bonds is 3. The molecule has 1 fully saturated rings. The van der Waals surface area contributed by atoms with Crippen LogP contribution in [-0.4, -0.2) is 29.4 Å². The molecule has 0 aromatic heterocycles. The molecular weight excluding hydrogens is 359 g/mol. The third-order valence-electron chi connectivity index (χ3n) is 4.62. The van der Waals surface area contributed by atoms with Crippen molar-refractivity contribution in [2.75, 3.05) is 11.9 Å². The first kappa shape index (κ1) is 17.8. The summed E-state index contributed by atoms with van der Waals surface area (Å²) in [6.45, 7) is 3.78. The Morgan fingerprint density at radius 3 is 2.28 bits per heavy atom. The molecule has 1 unspecified atom stereocenters. The molecule has 0 aliphatic carbocycles. The minimum absolute atomic E-state index is 0.292. The van der Waals surface area contributed by atoms with Crippen LogP contribution in [0, 0.1) is 6.92 Å². The fraction of sp³-hybridized carbons (Fsp3) is 0.263. The van der Waals surface area contributed by atoms with Crippen LogP contribution in [0.2, 0.25) is 10.0 Å². The van der Waals surface area contributed by atoms with Crippen molar-refractivity contribution in [2.45, 2.75) is 25.8 Å². The van der Waals surface area contributed by atoms with Crippen LogP contribution in [0.15, 0.2) is 42.5 Å². The van der Waals surface area contributed by atoms with Gasteiger partial charge in [-0.15, -0.1) is 0 Å². The number of hydrogen-bond acceptors (Lipinski definition) is 2. The number of imide groups is 1. The normalized spacial score (nSPS) is 20.5. The number of amides is 3. The molecule has 3 rings (SSSR count). The van der Waals surface area contributed by atoms with E-state index in [1.165, 1.54) is 4.90 Å². The number of carbonyl (C=O) groups is 2. The summed E-state index contributed by atoms with van der Waals surface area (Å²) in [5.41, 5.74) is 1.52. The molecule has 2 aromatic carbocycles. The van der Waals surface area contributed by atoms with Crippen LogP contribution < -0.4 is 4.90 Å².